The van der Waals surface area contributed by atoms with Crippen LogP contribution in [0.5, 0.6) is 0 Å². The molecule has 4 nitrogen and oxygen atoms in total. The van der Waals surface area contributed by atoms with Crippen LogP contribution in [-0.2, 0) is 19.0 Å². The van der Waals surface area contributed by atoms with Gasteiger partial charge in [-0.1, -0.05) is 12.1 Å². The number of fused-ring (bicyclic) bond motifs is 1. The summed E-state index contributed by atoms with van der Waals surface area (Å²) in [4.78, 5) is 13.2. The molecule has 4 rings (SSSR count). The van der Waals surface area contributed by atoms with Gasteiger partial charge in [0, 0.05) is 16.3 Å². The number of aromatic nitrogens is 1. The summed E-state index contributed by atoms with van der Waals surface area (Å²) in [5.74, 6) is -0.962. The smallest absolute Gasteiger partial charge is 0.416 e. The molecule has 0 aliphatic heterocycles. The minimum atomic E-state index is -4.50. The van der Waals surface area contributed by atoms with E-state index in [1.54, 1.807) is 6.08 Å². The van der Waals surface area contributed by atoms with Crippen LogP contribution in [0.1, 0.15) is 61.7 Å². The lowest BCUT2D eigenvalue weighted by Crippen LogP contribution is -2.09. The highest BCUT2D eigenvalue weighted by atomic mass is 32.1. The van der Waals surface area contributed by atoms with E-state index in [0.717, 1.165) is 59.6 Å². The Hall–Kier alpha value is -3.31. The molecule has 3 aromatic rings. The van der Waals surface area contributed by atoms with Gasteiger partial charge in [-0.2, -0.15) is 18.4 Å². The van der Waals surface area contributed by atoms with E-state index in [0.29, 0.717) is 16.1 Å². The van der Waals surface area contributed by atoms with Crippen LogP contribution >= 0.6 is 11.3 Å². The molecular weight excluding hydrogens is 449 g/mol. The second kappa shape index (κ2) is 8.56. The third-order valence-corrected chi connectivity index (χ3v) is 7.24. The molecule has 0 radical (unpaired) electrons. The molecule has 1 aromatic carbocycles. The zero-order valence-electron chi connectivity index (χ0n) is 18.1. The molecule has 8 heteroatoms. The minimum Gasteiger partial charge on any atom is -0.478 e. The first-order valence-corrected chi connectivity index (χ1v) is 11.3. The normalized spacial score (nSPS) is 14.1. The Labute approximate surface area is 193 Å². The lowest BCUT2D eigenvalue weighted by atomic mass is 9.95. The first-order chi connectivity index (χ1) is 15.6. The van der Waals surface area contributed by atoms with E-state index in [2.05, 4.69) is 0 Å². The van der Waals surface area contributed by atoms with E-state index in [-0.39, 0.29) is 11.1 Å². The quantitative estimate of drug-likeness (QED) is 0.426. The number of rotatable bonds is 4. The van der Waals surface area contributed by atoms with E-state index in [1.807, 2.05) is 30.6 Å². The molecule has 0 bridgehead atoms. The number of carboxylic acid groups (broad SMARTS) is 1. The van der Waals surface area contributed by atoms with Crippen molar-refractivity contribution in [3.8, 4) is 11.1 Å². The maximum Gasteiger partial charge on any atom is 0.416 e. The van der Waals surface area contributed by atoms with E-state index < -0.39 is 17.7 Å². The Bertz CT molecular complexity index is 1320. The fourth-order valence-electron chi connectivity index (χ4n) is 4.37. The molecule has 1 aliphatic rings. The van der Waals surface area contributed by atoms with Crippen LogP contribution in [0.4, 0.5) is 13.2 Å². The van der Waals surface area contributed by atoms with Crippen LogP contribution in [0.3, 0.4) is 0 Å². The summed E-state index contributed by atoms with van der Waals surface area (Å²) in [6.45, 7) is 3.68. The molecule has 2 aromatic heterocycles. The number of allylic oxidation sites excluding steroid dienone is 1. The van der Waals surface area contributed by atoms with Crippen LogP contribution in [0, 0.1) is 25.2 Å². The summed E-state index contributed by atoms with van der Waals surface area (Å²) in [7, 11) is 0. The Kier molecular flexibility index (Phi) is 5.93. The molecular formula is C25H21F3N2O2S. The van der Waals surface area contributed by atoms with Crippen LogP contribution < -0.4 is 0 Å². The second-order valence-electron chi connectivity index (χ2n) is 8.11. The van der Waals surface area contributed by atoms with Gasteiger partial charge in [0.25, 0.3) is 0 Å². The van der Waals surface area contributed by atoms with Crippen molar-refractivity contribution in [2.75, 3.05) is 0 Å². The number of benzene rings is 1. The monoisotopic (exact) mass is 470 g/mol. The molecule has 0 amide bonds. The lowest BCUT2D eigenvalue weighted by Gasteiger charge is -2.11. The van der Waals surface area contributed by atoms with Crippen LogP contribution in [0.15, 0.2) is 30.3 Å². The van der Waals surface area contributed by atoms with Gasteiger partial charge in [0.15, 0.2) is 0 Å². The summed E-state index contributed by atoms with van der Waals surface area (Å²) < 4.78 is 41.2. The standard InChI is InChI=1S/C25H21F3N2O2S/c1-14-10-17(11-18(13-29)16-6-5-7-19(12-16)25(26,27)28)15(2)30(14)23-22(24(31)32)20-8-3-4-9-21(20)33-23/h5-7,10-12H,3-4,8-9H2,1-2H3,(H,31,32)/b18-11-. The highest BCUT2D eigenvalue weighted by Crippen LogP contribution is 2.39. The second-order valence-corrected chi connectivity index (χ2v) is 9.19. The van der Waals surface area contributed by atoms with E-state index in [4.69, 9.17) is 0 Å². The maximum atomic E-state index is 13.1. The van der Waals surface area contributed by atoms with E-state index in [1.165, 1.54) is 23.5 Å². The number of thiophene rings is 1. The van der Waals surface area contributed by atoms with Crippen molar-refractivity contribution in [2.24, 2.45) is 0 Å². The van der Waals surface area contributed by atoms with Gasteiger partial charge >= 0.3 is 12.1 Å². The van der Waals surface area contributed by atoms with Gasteiger partial charge in [0.1, 0.15) is 5.00 Å². The number of nitrogens with zero attached hydrogens (tertiary/aromatic N) is 2. The zero-order chi connectivity index (χ0) is 23.9. The molecule has 0 unspecified atom stereocenters. The first-order valence-electron chi connectivity index (χ1n) is 10.5. The molecule has 0 saturated heterocycles. The zero-order valence-corrected chi connectivity index (χ0v) is 18.9. The number of halogens is 3. The number of aromatic carboxylic acids is 1. The first kappa shape index (κ1) is 22.9. The molecule has 0 spiro atoms. The molecule has 0 fully saturated rings. The van der Waals surface area contributed by atoms with Crippen LogP contribution in [-0.4, -0.2) is 15.6 Å². The number of hydrogen-bond donors (Lipinski definition) is 1. The molecule has 170 valence electrons. The van der Waals surface area contributed by atoms with Gasteiger partial charge < -0.3 is 9.67 Å². The highest BCUT2D eigenvalue weighted by Gasteiger charge is 2.31. The summed E-state index contributed by atoms with van der Waals surface area (Å²) in [5.41, 5.74) is 2.87. The third-order valence-electron chi connectivity index (χ3n) is 5.96. The topological polar surface area (TPSA) is 66.0 Å². The molecule has 1 N–H and O–H groups in total. The number of alkyl halides is 3. The SMILES string of the molecule is Cc1cc(/C=C(/C#N)c2cccc(C(F)(F)F)c2)c(C)n1-c1sc2c(c1C(=O)O)CCCC2. The Balaban J connectivity index is 1.83. The van der Waals surface area contributed by atoms with Gasteiger partial charge in [0.05, 0.1) is 22.8 Å². The van der Waals surface area contributed by atoms with Gasteiger partial charge in [0.2, 0.25) is 0 Å². The van der Waals surface area contributed by atoms with E-state index >= 15 is 0 Å². The number of hydrogen-bond acceptors (Lipinski definition) is 3. The Morgan fingerprint density at radius 1 is 1.21 bits per heavy atom. The molecule has 0 atom stereocenters. The van der Waals surface area contributed by atoms with Crippen molar-refractivity contribution in [3.05, 3.63) is 74.4 Å². The summed E-state index contributed by atoms with van der Waals surface area (Å²) in [5, 5.41) is 20.2. The predicted octanol–water partition coefficient (Wildman–Crippen LogP) is 6.82. The number of carbonyl (C=O) groups is 1. The average Bonchev–Trinajstić information content (AvgIpc) is 3.27. The van der Waals surface area contributed by atoms with Gasteiger partial charge in [-0.25, -0.2) is 4.79 Å². The van der Waals surface area contributed by atoms with Crippen molar-refractivity contribution in [1.29, 1.82) is 5.26 Å². The van der Waals surface area contributed by atoms with E-state index in [9.17, 15) is 28.3 Å². The minimum absolute atomic E-state index is 0.102. The van der Waals surface area contributed by atoms with Crippen molar-refractivity contribution >= 4 is 29.0 Å². The molecule has 33 heavy (non-hydrogen) atoms. The third kappa shape index (κ3) is 4.21. The Morgan fingerprint density at radius 2 is 1.94 bits per heavy atom. The lowest BCUT2D eigenvalue weighted by molar-refractivity contribution is -0.137. The van der Waals surface area contributed by atoms with Gasteiger partial charge in [-0.05, 0) is 80.5 Å². The highest BCUT2D eigenvalue weighted by molar-refractivity contribution is 7.15. The molecule has 1 aliphatic carbocycles. The predicted molar refractivity (Wildman–Crippen MR) is 122 cm³/mol. The van der Waals surface area contributed by atoms with Crippen LogP contribution in [0.25, 0.3) is 16.7 Å². The fourth-order valence-corrected chi connectivity index (χ4v) is 5.87. The summed E-state index contributed by atoms with van der Waals surface area (Å²) in [6, 6.07) is 8.51. The maximum absolute atomic E-state index is 13.1. The van der Waals surface area contributed by atoms with Gasteiger partial charge in [-0.3, -0.25) is 0 Å². The van der Waals surface area contributed by atoms with Crippen molar-refractivity contribution in [1.82, 2.24) is 4.57 Å². The summed E-state index contributed by atoms with van der Waals surface area (Å²) in [6.07, 6.45) is 0.657. The summed E-state index contributed by atoms with van der Waals surface area (Å²) >= 11 is 1.48. The van der Waals surface area contributed by atoms with Crippen molar-refractivity contribution in [2.45, 2.75) is 45.7 Å². The number of nitriles is 1. The number of aryl methyl sites for hydroxylation is 2. The average molecular weight is 471 g/mol. The molecule has 2 heterocycles. The van der Waals surface area contributed by atoms with Crippen molar-refractivity contribution < 1.29 is 23.1 Å². The van der Waals surface area contributed by atoms with Gasteiger partial charge in [-0.15, -0.1) is 11.3 Å². The largest absolute Gasteiger partial charge is 0.478 e. The number of carboxylic acids is 1. The fraction of sp³-hybridized carbons (Fsp3) is 0.280. The van der Waals surface area contributed by atoms with Crippen LogP contribution in [0.2, 0.25) is 0 Å². The molecule has 0 saturated carbocycles. The van der Waals surface area contributed by atoms with Crippen molar-refractivity contribution in [3.63, 3.8) is 0 Å². The Morgan fingerprint density at radius 3 is 2.61 bits per heavy atom.